The molecule has 2 amide bonds. The molecule has 0 aromatic carbocycles. The lowest BCUT2D eigenvalue weighted by Crippen LogP contribution is -2.41. The standard InChI is InChI=1S/C12H23N3O3.C2HF3O2/c1-14(9-10-15-7-2-3-8-15)12(18)13-6-4-5-11(16)17;3-2(4,5)1(6)7/h2-10H2,1H3,(H,13,18)(H,16,17);(H,6,7). The summed E-state index contributed by atoms with van der Waals surface area (Å²) in [7, 11) is 1.77. The SMILES string of the molecule is CN(CCN1CCCC1)C(=O)NCCCC(=O)O.O=C(O)C(F)(F)F. The normalized spacial score (nSPS) is 14.4. The van der Waals surface area contributed by atoms with Crippen molar-refractivity contribution >= 4 is 18.0 Å². The number of alkyl halides is 3. The number of likely N-dealkylation sites (tertiary alicyclic amines) is 1. The van der Waals surface area contributed by atoms with Gasteiger partial charge in [-0.15, -0.1) is 0 Å². The Morgan fingerprint density at radius 3 is 2.12 bits per heavy atom. The van der Waals surface area contributed by atoms with E-state index in [1.165, 1.54) is 12.8 Å². The van der Waals surface area contributed by atoms with Gasteiger partial charge in [-0.1, -0.05) is 0 Å². The molecular formula is C14H24F3N3O5. The first-order chi connectivity index (χ1) is 11.5. The van der Waals surface area contributed by atoms with Gasteiger partial charge in [0, 0.05) is 33.1 Å². The molecule has 1 aliphatic rings. The molecule has 1 aliphatic heterocycles. The van der Waals surface area contributed by atoms with Crippen molar-refractivity contribution in [3.8, 4) is 0 Å². The van der Waals surface area contributed by atoms with Crippen LogP contribution in [0.3, 0.4) is 0 Å². The number of hydrogen-bond donors (Lipinski definition) is 3. The molecule has 11 heteroatoms. The minimum absolute atomic E-state index is 0.0950. The summed E-state index contributed by atoms with van der Waals surface area (Å²) in [5.41, 5.74) is 0. The van der Waals surface area contributed by atoms with Gasteiger partial charge in [0.15, 0.2) is 0 Å². The third-order valence-corrected chi connectivity index (χ3v) is 3.38. The monoisotopic (exact) mass is 371 g/mol. The summed E-state index contributed by atoms with van der Waals surface area (Å²) in [6, 6.07) is -0.125. The molecule has 0 aliphatic carbocycles. The van der Waals surface area contributed by atoms with Crippen molar-refractivity contribution in [1.82, 2.24) is 15.1 Å². The summed E-state index contributed by atoms with van der Waals surface area (Å²) in [4.78, 5) is 34.8. The summed E-state index contributed by atoms with van der Waals surface area (Å²) < 4.78 is 31.7. The number of rotatable bonds is 7. The van der Waals surface area contributed by atoms with E-state index in [-0.39, 0.29) is 12.5 Å². The molecule has 1 saturated heterocycles. The van der Waals surface area contributed by atoms with Crippen molar-refractivity contribution in [3.05, 3.63) is 0 Å². The van der Waals surface area contributed by atoms with E-state index in [1.54, 1.807) is 11.9 Å². The summed E-state index contributed by atoms with van der Waals surface area (Å²) in [6.07, 6.45) is -2.00. The van der Waals surface area contributed by atoms with Gasteiger partial charge in [0.25, 0.3) is 0 Å². The van der Waals surface area contributed by atoms with Crippen LogP contribution in [0, 0.1) is 0 Å². The minimum atomic E-state index is -5.08. The highest BCUT2D eigenvalue weighted by molar-refractivity contribution is 5.74. The maximum Gasteiger partial charge on any atom is 0.490 e. The minimum Gasteiger partial charge on any atom is -0.481 e. The predicted octanol–water partition coefficient (Wildman–Crippen LogP) is 1.22. The van der Waals surface area contributed by atoms with Crippen molar-refractivity contribution in [2.45, 2.75) is 31.9 Å². The molecule has 0 unspecified atom stereocenters. The van der Waals surface area contributed by atoms with Gasteiger partial charge in [-0.2, -0.15) is 13.2 Å². The van der Waals surface area contributed by atoms with Gasteiger partial charge in [-0.3, -0.25) is 4.79 Å². The molecular weight excluding hydrogens is 347 g/mol. The number of aliphatic carboxylic acids is 2. The van der Waals surface area contributed by atoms with Crippen LogP contribution in [-0.4, -0.2) is 83.9 Å². The smallest absolute Gasteiger partial charge is 0.481 e. The van der Waals surface area contributed by atoms with Crippen LogP contribution >= 0.6 is 0 Å². The van der Waals surface area contributed by atoms with E-state index < -0.39 is 18.1 Å². The highest BCUT2D eigenvalue weighted by atomic mass is 19.4. The molecule has 0 spiro atoms. The zero-order chi connectivity index (χ0) is 19.5. The Morgan fingerprint density at radius 2 is 1.68 bits per heavy atom. The van der Waals surface area contributed by atoms with E-state index in [0.717, 1.165) is 19.6 Å². The number of likely N-dealkylation sites (N-methyl/N-ethyl adjacent to an activating group) is 1. The van der Waals surface area contributed by atoms with Crippen LogP contribution < -0.4 is 5.32 Å². The molecule has 0 atom stereocenters. The van der Waals surface area contributed by atoms with E-state index in [4.69, 9.17) is 15.0 Å². The van der Waals surface area contributed by atoms with Gasteiger partial charge in [-0.25, -0.2) is 9.59 Å². The van der Waals surface area contributed by atoms with Gasteiger partial charge in [-0.05, 0) is 32.4 Å². The molecule has 0 aromatic rings. The molecule has 146 valence electrons. The van der Waals surface area contributed by atoms with Crippen LogP contribution in [0.2, 0.25) is 0 Å². The van der Waals surface area contributed by atoms with E-state index in [9.17, 15) is 22.8 Å². The molecule has 0 radical (unpaired) electrons. The fourth-order valence-electron chi connectivity index (χ4n) is 1.97. The number of nitrogens with one attached hydrogen (secondary N) is 1. The van der Waals surface area contributed by atoms with Crippen molar-refractivity contribution < 1.29 is 37.8 Å². The Labute approximate surface area is 143 Å². The maximum absolute atomic E-state index is 11.6. The van der Waals surface area contributed by atoms with Crippen LogP contribution in [0.5, 0.6) is 0 Å². The Hall–Kier alpha value is -2.04. The molecule has 1 fully saturated rings. The van der Waals surface area contributed by atoms with Gasteiger partial charge >= 0.3 is 24.1 Å². The Kier molecular flexibility index (Phi) is 10.6. The van der Waals surface area contributed by atoms with E-state index in [2.05, 4.69) is 10.2 Å². The molecule has 3 N–H and O–H groups in total. The maximum atomic E-state index is 11.6. The lowest BCUT2D eigenvalue weighted by molar-refractivity contribution is -0.192. The Bertz CT molecular complexity index is 440. The van der Waals surface area contributed by atoms with Crippen molar-refractivity contribution in [1.29, 1.82) is 0 Å². The third-order valence-electron chi connectivity index (χ3n) is 3.38. The van der Waals surface area contributed by atoms with Crippen LogP contribution in [0.15, 0.2) is 0 Å². The number of carbonyl (C=O) groups excluding carboxylic acids is 1. The molecule has 8 nitrogen and oxygen atoms in total. The van der Waals surface area contributed by atoms with Gasteiger partial charge in [0.2, 0.25) is 0 Å². The van der Waals surface area contributed by atoms with Crippen molar-refractivity contribution in [2.24, 2.45) is 0 Å². The summed E-state index contributed by atoms with van der Waals surface area (Å²) in [5, 5.41) is 18.3. The fourth-order valence-corrected chi connectivity index (χ4v) is 1.97. The van der Waals surface area contributed by atoms with E-state index in [0.29, 0.717) is 19.5 Å². The Balaban J connectivity index is 0.000000697. The molecule has 0 saturated carbocycles. The Morgan fingerprint density at radius 1 is 1.16 bits per heavy atom. The number of urea groups is 1. The number of hydrogen-bond acceptors (Lipinski definition) is 4. The highest BCUT2D eigenvalue weighted by Crippen LogP contribution is 2.13. The van der Waals surface area contributed by atoms with Crippen LogP contribution in [0.4, 0.5) is 18.0 Å². The number of carboxylic acid groups (broad SMARTS) is 2. The van der Waals surface area contributed by atoms with Crippen LogP contribution in [0.25, 0.3) is 0 Å². The van der Waals surface area contributed by atoms with Crippen LogP contribution in [-0.2, 0) is 9.59 Å². The summed E-state index contributed by atoms with van der Waals surface area (Å²) in [5.74, 6) is -3.58. The van der Waals surface area contributed by atoms with Crippen LogP contribution in [0.1, 0.15) is 25.7 Å². The average molecular weight is 371 g/mol. The lowest BCUT2D eigenvalue weighted by atomic mass is 10.3. The summed E-state index contributed by atoms with van der Waals surface area (Å²) >= 11 is 0. The molecule has 1 rings (SSSR count). The third kappa shape index (κ3) is 12.0. The van der Waals surface area contributed by atoms with Gasteiger partial charge in [0.1, 0.15) is 0 Å². The second-order valence-electron chi connectivity index (χ2n) is 5.50. The van der Waals surface area contributed by atoms with Crippen molar-refractivity contribution in [2.75, 3.05) is 39.8 Å². The zero-order valence-corrected chi connectivity index (χ0v) is 14.0. The topological polar surface area (TPSA) is 110 Å². The first-order valence-electron chi connectivity index (χ1n) is 7.77. The fraction of sp³-hybridized carbons (Fsp3) is 0.786. The summed E-state index contributed by atoms with van der Waals surface area (Å²) in [6.45, 7) is 4.31. The molecule has 0 aromatic heterocycles. The molecule has 25 heavy (non-hydrogen) atoms. The number of carboxylic acids is 2. The highest BCUT2D eigenvalue weighted by Gasteiger charge is 2.38. The zero-order valence-electron chi connectivity index (χ0n) is 14.0. The van der Waals surface area contributed by atoms with E-state index in [1.807, 2.05) is 0 Å². The second kappa shape index (κ2) is 11.5. The first-order valence-corrected chi connectivity index (χ1v) is 7.77. The number of carbonyl (C=O) groups is 3. The first kappa shape index (κ1) is 23.0. The number of nitrogens with zero attached hydrogens (tertiary/aromatic N) is 2. The molecule has 1 heterocycles. The average Bonchev–Trinajstić information content (AvgIpc) is 3.01. The second-order valence-corrected chi connectivity index (χ2v) is 5.50. The molecule has 0 bridgehead atoms. The quantitative estimate of drug-likeness (QED) is 0.581. The van der Waals surface area contributed by atoms with Crippen molar-refractivity contribution in [3.63, 3.8) is 0 Å². The van der Waals surface area contributed by atoms with E-state index >= 15 is 0 Å². The number of halogens is 3. The lowest BCUT2D eigenvalue weighted by Gasteiger charge is -2.21. The largest absolute Gasteiger partial charge is 0.490 e. The predicted molar refractivity (Wildman–Crippen MR) is 82.3 cm³/mol. The number of amides is 2. The van der Waals surface area contributed by atoms with Gasteiger partial charge in [0.05, 0.1) is 0 Å². The van der Waals surface area contributed by atoms with Gasteiger partial charge < -0.3 is 25.3 Å².